The Labute approximate surface area is 137 Å². The highest BCUT2D eigenvalue weighted by molar-refractivity contribution is 7.89. The van der Waals surface area contributed by atoms with E-state index in [-0.39, 0.29) is 11.7 Å². The van der Waals surface area contributed by atoms with E-state index < -0.39 is 10.0 Å². The van der Waals surface area contributed by atoms with Gasteiger partial charge in [-0.1, -0.05) is 18.2 Å². The number of piperidine rings is 1. The third-order valence-electron chi connectivity index (χ3n) is 4.80. The summed E-state index contributed by atoms with van der Waals surface area (Å²) in [6.45, 7) is 0.971. The van der Waals surface area contributed by atoms with E-state index in [0.29, 0.717) is 24.4 Å². The van der Waals surface area contributed by atoms with Crippen molar-refractivity contribution in [2.75, 3.05) is 13.1 Å². The monoisotopic (exact) mass is 334 g/mol. The molecule has 0 N–H and O–H groups in total. The number of benzene rings is 1. The summed E-state index contributed by atoms with van der Waals surface area (Å²) in [5, 5.41) is 8.71. The topological polar surface area (TPSA) is 70.4 Å². The van der Waals surface area contributed by atoms with E-state index in [9.17, 15) is 8.42 Å². The molecule has 0 aliphatic carbocycles. The molecule has 1 spiro atoms. The zero-order chi connectivity index (χ0) is 16.3. The van der Waals surface area contributed by atoms with Crippen LogP contribution in [0.5, 0.6) is 0 Å². The molecule has 0 unspecified atom stereocenters. The van der Waals surface area contributed by atoms with E-state index in [2.05, 4.69) is 6.07 Å². The summed E-state index contributed by atoms with van der Waals surface area (Å²) < 4.78 is 33.4. The van der Waals surface area contributed by atoms with Crippen molar-refractivity contribution in [3.8, 4) is 6.07 Å². The molecule has 0 aromatic heterocycles. The first-order chi connectivity index (χ1) is 11.1. The van der Waals surface area contributed by atoms with E-state index in [4.69, 9.17) is 10.00 Å². The molecule has 3 rings (SSSR count). The summed E-state index contributed by atoms with van der Waals surface area (Å²) >= 11 is 0. The number of nitrogens with zero attached hydrogens (tertiary/aromatic N) is 2. The lowest BCUT2D eigenvalue weighted by Crippen LogP contribution is -2.50. The number of ether oxygens (including phenoxy) is 1. The van der Waals surface area contributed by atoms with Crippen molar-refractivity contribution in [2.24, 2.45) is 0 Å². The van der Waals surface area contributed by atoms with Gasteiger partial charge in [-0.2, -0.15) is 9.57 Å². The van der Waals surface area contributed by atoms with E-state index in [1.807, 2.05) is 6.07 Å². The summed E-state index contributed by atoms with van der Waals surface area (Å²) in [6, 6.07) is 10.7. The van der Waals surface area contributed by atoms with Gasteiger partial charge in [-0.15, -0.1) is 0 Å². The molecule has 5 nitrogen and oxygen atoms in total. The van der Waals surface area contributed by atoms with E-state index in [0.717, 1.165) is 32.1 Å². The maximum Gasteiger partial charge on any atom is 0.243 e. The minimum atomic E-state index is -3.46. The number of hydrogen-bond donors (Lipinski definition) is 0. The molecule has 2 heterocycles. The highest BCUT2D eigenvalue weighted by Gasteiger charge is 2.45. The van der Waals surface area contributed by atoms with Crippen LogP contribution < -0.4 is 0 Å². The van der Waals surface area contributed by atoms with Crippen molar-refractivity contribution in [1.29, 1.82) is 5.26 Å². The van der Waals surface area contributed by atoms with Crippen molar-refractivity contribution < 1.29 is 13.2 Å². The predicted octanol–water partition coefficient (Wildman–Crippen LogP) is 2.69. The van der Waals surface area contributed by atoms with Gasteiger partial charge in [0.05, 0.1) is 22.7 Å². The molecular formula is C17H22N2O3S. The third-order valence-corrected chi connectivity index (χ3v) is 6.66. The average Bonchev–Trinajstić information content (AvgIpc) is 2.96. The largest absolute Gasteiger partial charge is 0.370 e. The Morgan fingerprint density at radius 3 is 2.83 bits per heavy atom. The Bertz CT molecular complexity index is 684. The molecule has 2 atom stereocenters. The third kappa shape index (κ3) is 3.42. The summed E-state index contributed by atoms with van der Waals surface area (Å²) in [4.78, 5) is 0.344. The molecule has 1 aromatic rings. The first kappa shape index (κ1) is 16.4. The van der Waals surface area contributed by atoms with Gasteiger partial charge in [0.2, 0.25) is 10.0 Å². The van der Waals surface area contributed by atoms with Crippen LogP contribution in [-0.2, 0) is 14.8 Å². The molecule has 6 heteroatoms. The molecule has 0 bridgehead atoms. The fourth-order valence-corrected chi connectivity index (χ4v) is 5.20. The van der Waals surface area contributed by atoms with Crippen LogP contribution in [0.1, 0.15) is 38.5 Å². The lowest BCUT2D eigenvalue weighted by atomic mass is 9.91. The molecule has 0 amide bonds. The fourth-order valence-electron chi connectivity index (χ4n) is 3.63. The number of nitriles is 1. The van der Waals surface area contributed by atoms with Gasteiger partial charge in [-0.25, -0.2) is 8.42 Å². The SMILES string of the molecule is N#CCC[C@H]1CC[C@]2(CCCN(S(=O)(=O)c3ccccc3)C2)O1. The molecule has 23 heavy (non-hydrogen) atoms. The summed E-state index contributed by atoms with van der Waals surface area (Å²) in [6.07, 6.45) is 4.84. The predicted molar refractivity (Wildman–Crippen MR) is 86.1 cm³/mol. The Balaban J connectivity index is 1.73. The van der Waals surface area contributed by atoms with Crippen LogP contribution in [-0.4, -0.2) is 37.5 Å². The Hall–Kier alpha value is -1.42. The van der Waals surface area contributed by atoms with Gasteiger partial charge in [0, 0.05) is 19.5 Å². The standard InChI is InChI=1S/C17H22N2O3S/c18-12-4-6-15-9-11-17(22-15)10-5-13-19(14-17)23(20,21)16-7-2-1-3-8-16/h1-3,7-8,15H,4-6,9-11,13-14H2/t15-,17-/m0/s1. The number of rotatable bonds is 4. The Kier molecular flexibility index (Phi) is 4.72. The zero-order valence-corrected chi connectivity index (χ0v) is 14.0. The van der Waals surface area contributed by atoms with Crippen molar-refractivity contribution in [2.45, 2.75) is 55.1 Å². The summed E-state index contributed by atoms with van der Waals surface area (Å²) in [7, 11) is -3.46. The average molecular weight is 334 g/mol. The van der Waals surface area contributed by atoms with Crippen LogP contribution in [0.2, 0.25) is 0 Å². The molecule has 2 aliphatic rings. The second-order valence-electron chi connectivity index (χ2n) is 6.41. The van der Waals surface area contributed by atoms with E-state index in [1.165, 1.54) is 0 Å². The number of hydrogen-bond acceptors (Lipinski definition) is 4. The number of sulfonamides is 1. The van der Waals surface area contributed by atoms with Crippen molar-refractivity contribution in [3.63, 3.8) is 0 Å². The smallest absolute Gasteiger partial charge is 0.243 e. The first-order valence-electron chi connectivity index (χ1n) is 8.16. The van der Waals surface area contributed by atoms with Crippen LogP contribution in [0.3, 0.4) is 0 Å². The van der Waals surface area contributed by atoms with Gasteiger partial charge in [0.1, 0.15) is 0 Å². The molecule has 2 aliphatic heterocycles. The van der Waals surface area contributed by atoms with Crippen LogP contribution in [0.4, 0.5) is 0 Å². The fraction of sp³-hybridized carbons (Fsp3) is 0.588. The highest BCUT2D eigenvalue weighted by atomic mass is 32.2. The molecule has 0 saturated carbocycles. The maximum absolute atomic E-state index is 12.8. The lowest BCUT2D eigenvalue weighted by molar-refractivity contribution is -0.0706. The van der Waals surface area contributed by atoms with Gasteiger partial charge in [0.25, 0.3) is 0 Å². The minimum Gasteiger partial charge on any atom is -0.370 e. The lowest BCUT2D eigenvalue weighted by Gasteiger charge is -2.39. The zero-order valence-electron chi connectivity index (χ0n) is 13.1. The molecule has 2 fully saturated rings. The van der Waals surface area contributed by atoms with Crippen molar-refractivity contribution in [1.82, 2.24) is 4.31 Å². The van der Waals surface area contributed by atoms with Crippen molar-refractivity contribution in [3.05, 3.63) is 30.3 Å². The first-order valence-corrected chi connectivity index (χ1v) is 9.60. The van der Waals surface area contributed by atoms with Gasteiger partial charge in [0.15, 0.2) is 0 Å². The Morgan fingerprint density at radius 2 is 2.09 bits per heavy atom. The van der Waals surface area contributed by atoms with Crippen LogP contribution in [0.25, 0.3) is 0 Å². The second kappa shape index (κ2) is 6.60. The van der Waals surface area contributed by atoms with Gasteiger partial charge in [-0.05, 0) is 44.2 Å². The van der Waals surface area contributed by atoms with Crippen molar-refractivity contribution >= 4 is 10.0 Å². The molecule has 2 saturated heterocycles. The summed E-state index contributed by atoms with van der Waals surface area (Å²) in [5.41, 5.74) is -0.361. The normalized spacial score (nSPS) is 28.7. The van der Waals surface area contributed by atoms with Crippen LogP contribution in [0.15, 0.2) is 35.2 Å². The quantitative estimate of drug-likeness (QED) is 0.849. The summed E-state index contributed by atoms with van der Waals surface area (Å²) in [5.74, 6) is 0. The van der Waals surface area contributed by atoms with Gasteiger partial charge in [-0.3, -0.25) is 0 Å². The molecule has 1 aromatic carbocycles. The van der Waals surface area contributed by atoms with Gasteiger partial charge >= 0.3 is 0 Å². The minimum absolute atomic E-state index is 0.0917. The molecule has 124 valence electrons. The van der Waals surface area contributed by atoms with Crippen LogP contribution in [0, 0.1) is 11.3 Å². The van der Waals surface area contributed by atoms with Crippen LogP contribution >= 0.6 is 0 Å². The Morgan fingerprint density at radius 1 is 1.30 bits per heavy atom. The molecular weight excluding hydrogens is 312 g/mol. The van der Waals surface area contributed by atoms with Gasteiger partial charge < -0.3 is 4.74 Å². The second-order valence-corrected chi connectivity index (χ2v) is 8.35. The maximum atomic E-state index is 12.8. The van der Waals surface area contributed by atoms with E-state index in [1.54, 1.807) is 28.6 Å². The molecule has 0 radical (unpaired) electrons. The van der Waals surface area contributed by atoms with E-state index >= 15 is 0 Å². The highest BCUT2D eigenvalue weighted by Crippen LogP contribution is 2.40.